The number of hydrogen-bond acceptors (Lipinski definition) is 3. The predicted octanol–water partition coefficient (Wildman–Crippen LogP) is 1.60. The molecule has 0 aliphatic heterocycles. The van der Waals surface area contributed by atoms with Gasteiger partial charge in [0.05, 0.1) is 6.61 Å². The summed E-state index contributed by atoms with van der Waals surface area (Å²) in [7, 11) is 0. The molecule has 0 bridgehead atoms. The number of amides is 2. The van der Waals surface area contributed by atoms with Gasteiger partial charge < -0.3 is 4.74 Å². The maximum absolute atomic E-state index is 11.6. The van der Waals surface area contributed by atoms with Crippen molar-refractivity contribution in [2.45, 2.75) is 25.9 Å². The molecule has 2 amide bonds. The minimum atomic E-state index is -5.07. The van der Waals surface area contributed by atoms with Crippen LogP contribution in [0.15, 0.2) is 0 Å². The zero-order valence-corrected chi connectivity index (χ0v) is 7.48. The highest BCUT2D eigenvalue weighted by atomic mass is 19.4. The second kappa shape index (κ2) is 5.46. The minimum absolute atomic E-state index is 0.00648. The van der Waals surface area contributed by atoms with E-state index < -0.39 is 18.2 Å². The van der Waals surface area contributed by atoms with Crippen molar-refractivity contribution in [3.63, 3.8) is 0 Å². The van der Waals surface area contributed by atoms with E-state index in [-0.39, 0.29) is 6.61 Å². The minimum Gasteiger partial charge on any atom is -0.449 e. The third-order valence-electron chi connectivity index (χ3n) is 1.20. The molecule has 0 unspecified atom stereocenters. The first-order valence-electron chi connectivity index (χ1n) is 3.93. The van der Waals surface area contributed by atoms with Crippen molar-refractivity contribution in [1.29, 1.82) is 0 Å². The summed E-state index contributed by atoms with van der Waals surface area (Å²) >= 11 is 0. The Hall–Kier alpha value is -1.27. The highest BCUT2D eigenvalue weighted by Crippen LogP contribution is 2.13. The van der Waals surface area contributed by atoms with Crippen molar-refractivity contribution < 1.29 is 27.5 Å². The molecule has 0 spiro atoms. The lowest BCUT2D eigenvalue weighted by Crippen LogP contribution is -2.40. The van der Waals surface area contributed by atoms with E-state index in [0.29, 0.717) is 6.42 Å². The monoisotopic (exact) mass is 213 g/mol. The van der Waals surface area contributed by atoms with Crippen LogP contribution in [0.5, 0.6) is 0 Å². The average Bonchev–Trinajstić information content (AvgIpc) is 2.03. The maximum atomic E-state index is 11.6. The molecule has 0 heterocycles. The normalized spacial score (nSPS) is 10.9. The molecule has 7 heteroatoms. The van der Waals surface area contributed by atoms with Gasteiger partial charge in [0.2, 0.25) is 0 Å². The van der Waals surface area contributed by atoms with Gasteiger partial charge in [0.15, 0.2) is 0 Å². The smallest absolute Gasteiger partial charge is 0.449 e. The SMILES string of the molecule is CCCCOC(=O)NC(=O)C(F)(F)F. The fourth-order valence-electron chi connectivity index (χ4n) is 0.509. The third-order valence-corrected chi connectivity index (χ3v) is 1.20. The summed E-state index contributed by atoms with van der Waals surface area (Å²) in [6, 6.07) is 0. The molecule has 14 heavy (non-hydrogen) atoms. The molecule has 0 radical (unpaired) electrons. The molecule has 1 N–H and O–H groups in total. The van der Waals surface area contributed by atoms with Crippen LogP contribution in [-0.2, 0) is 9.53 Å². The average molecular weight is 213 g/mol. The van der Waals surface area contributed by atoms with Gasteiger partial charge in [0.1, 0.15) is 0 Å². The number of unbranched alkanes of at least 4 members (excludes halogenated alkanes) is 1. The van der Waals surface area contributed by atoms with Crippen LogP contribution in [0.2, 0.25) is 0 Å². The van der Waals surface area contributed by atoms with E-state index in [1.165, 1.54) is 0 Å². The Morgan fingerprint density at radius 1 is 1.36 bits per heavy atom. The van der Waals surface area contributed by atoms with Gasteiger partial charge in [-0.1, -0.05) is 13.3 Å². The molecule has 0 aliphatic rings. The number of ether oxygens (including phenoxy) is 1. The Kier molecular flexibility index (Phi) is 4.96. The predicted molar refractivity (Wildman–Crippen MR) is 40.5 cm³/mol. The number of carbonyl (C=O) groups excluding carboxylic acids is 2. The van der Waals surface area contributed by atoms with Crippen molar-refractivity contribution in [1.82, 2.24) is 5.32 Å². The topological polar surface area (TPSA) is 55.4 Å². The molecule has 0 aliphatic carbocycles. The number of hydrogen-bond donors (Lipinski definition) is 1. The summed E-state index contributed by atoms with van der Waals surface area (Å²) < 4.78 is 39.0. The molecule has 82 valence electrons. The molecule has 0 saturated carbocycles. The van der Waals surface area contributed by atoms with Gasteiger partial charge in [0.25, 0.3) is 0 Å². The first-order chi connectivity index (χ1) is 6.38. The van der Waals surface area contributed by atoms with Crippen LogP contribution in [0.4, 0.5) is 18.0 Å². The molecular weight excluding hydrogens is 203 g/mol. The number of alkyl halides is 3. The van der Waals surface area contributed by atoms with Gasteiger partial charge in [-0.3, -0.25) is 10.1 Å². The molecule has 0 aromatic carbocycles. The lowest BCUT2D eigenvalue weighted by molar-refractivity contribution is -0.172. The van der Waals surface area contributed by atoms with E-state index in [4.69, 9.17) is 0 Å². The Balaban J connectivity index is 3.78. The second-order valence-corrected chi connectivity index (χ2v) is 2.44. The van der Waals surface area contributed by atoms with Gasteiger partial charge in [-0.15, -0.1) is 0 Å². The summed E-state index contributed by atoms with van der Waals surface area (Å²) in [4.78, 5) is 20.7. The Labute approximate surface area is 78.4 Å². The van der Waals surface area contributed by atoms with E-state index in [0.717, 1.165) is 11.7 Å². The molecule has 4 nitrogen and oxygen atoms in total. The van der Waals surface area contributed by atoms with Crippen molar-refractivity contribution >= 4 is 12.0 Å². The van der Waals surface area contributed by atoms with Crippen LogP contribution in [0, 0.1) is 0 Å². The van der Waals surface area contributed by atoms with Gasteiger partial charge in [-0.25, -0.2) is 4.79 Å². The molecular formula is C7H10F3NO3. The van der Waals surface area contributed by atoms with Gasteiger partial charge in [0, 0.05) is 0 Å². The van der Waals surface area contributed by atoms with Gasteiger partial charge in [-0.2, -0.15) is 13.2 Å². The van der Waals surface area contributed by atoms with Crippen LogP contribution in [0.1, 0.15) is 19.8 Å². The van der Waals surface area contributed by atoms with E-state index in [2.05, 4.69) is 4.74 Å². The second-order valence-electron chi connectivity index (χ2n) is 2.44. The zero-order valence-electron chi connectivity index (χ0n) is 7.48. The molecule has 0 saturated heterocycles. The number of alkyl carbamates (subject to hydrolysis) is 1. The van der Waals surface area contributed by atoms with E-state index >= 15 is 0 Å². The van der Waals surface area contributed by atoms with Crippen LogP contribution in [0.25, 0.3) is 0 Å². The van der Waals surface area contributed by atoms with Crippen molar-refractivity contribution in [3.8, 4) is 0 Å². The van der Waals surface area contributed by atoms with Crippen LogP contribution in [0.3, 0.4) is 0 Å². The van der Waals surface area contributed by atoms with Crippen molar-refractivity contribution in [3.05, 3.63) is 0 Å². The number of halogens is 3. The van der Waals surface area contributed by atoms with Crippen LogP contribution in [-0.4, -0.2) is 24.8 Å². The molecule has 0 atom stereocenters. The maximum Gasteiger partial charge on any atom is 0.471 e. The molecule has 0 fully saturated rings. The highest BCUT2D eigenvalue weighted by molar-refractivity contribution is 5.94. The number of rotatable bonds is 3. The third kappa shape index (κ3) is 5.39. The summed E-state index contributed by atoms with van der Waals surface area (Å²) in [5, 5.41) is 1.05. The summed E-state index contributed by atoms with van der Waals surface area (Å²) in [6.07, 6.45) is -5.17. The molecule has 0 rings (SSSR count). The Morgan fingerprint density at radius 3 is 2.36 bits per heavy atom. The van der Waals surface area contributed by atoms with Crippen LogP contribution < -0.4 is 5.32 Å². The summed E-state index contributed by atoms with van der Waals surface area (Å²) in [6.45, 7) is 1.82. The van der Waals surface area contributed by atoms with Crippen LogP contribution >= 0.6 is 0 Å². The fraction of sp³-hybridized carbons (Fsp3) is 0.714. The lowest BCUT2D eigenvalue weighted by Gasteiger charge is -2.06. The molecule has 0 aromatic heterocycles. The largest absolute Gasteiger partial charge is 0.471 e. The zero-order chi connectivity index (χ0) is 11.2. The van der Waals surface area contributed by atoms with E-state index in [1.54, 1.807) is 0 Å². The van der Waals surface area contributed by atoms with Crippen molar-refractivity contribution in [2.24, 2.45) is 0 Å². The summed E-state index contributed by atoms with van der Waals surface area (Å²) in [5.41, 5.74) is 0. The van der Waals surface area contributed by atoms with E-state index in [1.807, 2.05) is 6.92 Å². The quantitative estimate of drug-likeness (QED) is 0.724. The molecule has 0 aromatic rings. The van der Waals surface area contributed by atoms with Gasteiger partial charge in [-0.05, 0) is 6.42 Å². The first kappa shape index (κ1) is 12.7. The Morgan fingerprint density at radius 2 is 1.93 bits per heavy atom. The van der Waals surface area contributed by atoms with Crippen molar-refractivity contribution in [2.75, 3.05) is 6.61 Å². The number of carbonyl (C=O) groups is 2. The number of nitrogens with one attached hydrogen (secondary N) is 1. The fourth-order valence-corrected chi connectivity index (χ4v) is 0.509. The lowest BCUT2D eigenvalue weighted by atomic mass is 10.4. The summed E-state index contributed by atoms with van der Waals surface area (Å²) in [5.74, 6) is -2.32. The van der Waals surface area contributed by atoms with Gasteiger partial charge >= 0.3 is 18.2 Å². The number of imide groups is 1. The highest BCUT2D eigenvalue weighted by Gasteiger charge is 2.40. The Bertz CT molecular complexity index is 215. The standard InChI is InChI=1S/C7H10F3NO3/c1-2-3-4-14-6(13)11-5(12)7(8,9)10/h2-4H2,1H3,(H,11,12,13). The van der Waals surface area contributed by atoms with E-state index in [9.17, 15) is 22.8 Å². The first-order valence-corrected chi connectivity index (χ1v) is 3.93.